The van der Waals surface area contributed by atoms with Gasteiger partial charge in [0.2, 0.25) is 0 Å². The molecule has 1 saturated heterocycles. The van der Waals surface area contributed by atoms with Gasteiger partial charge in [0.05, 0.1) is 17.1 Å². The van der Waals surface area contributed by atoms with E-state index in [1.54, 1.807) is 0 Å². The molecule has 0 aromatic heterocycles. The first-order valence-electron chi connectivity index (χ1n) is 6.94. The van der Waals surface area contributed by atoms with Gasteiger partial charge in [0.25, 0.3) is 0 Å². The summed E-state index contributed by atoms with van der Waals surface area (Å²) in [6.45, 7) is 1.27. The van der Waals surface area contributed by atoms with E-state index >= 15 is 0 Å². The van der Waals surface area contributed by atoms with Gasteiger partial charge in [-0.1, -0.05) is 40.8 Å². The van der Waals surface area contributed by atoms with Crippen LogP contribution in [0.2, 0.25) is 0 Å². The topological polar surface area (TPSA) is 18.5 Å². The van der Waals surface area contributed by atoms with Crippen LogP contribution in [0.25, 0.3) is 0 Å². The Hall–Kier alpha value is -0.860. The number of ether oxygens (including phenoxy) is 2. The smallest absolute Gasteiger partial charge is 0.194 e. The van der Waals surface area contributed by atoms with E-state index in [0.29, 0.717) is 29.1 Å². The largest absolute Gasteiger partial charge is 0.347 e. The van der Waals surface area contributed by atoms with E-state index in [9.17, 15) is 13.2 Å². The van der Waals surface area contributed by atoms with Gasteiger partial charge in [0.1, 0.15) is 0 Å². The lowest BCUT2D eigenvalue weighted by molar-refractivity contribution is -0.149. The molecular formula is C16H14F3IO2. The predicted molar refractivity (Wildman–Crippen MR) is 84.4 cm³/mol. The van der Waals surface area contributed by atoms with Crippen LogP contribution >= 0.6 is 22.6 Å². The first-order chi connectivity index (χ1) is 10.5. The molecule has 2 nitrogen and oxygen atoms in total. The van der Waals surface area contributed by atoms with E-state index < -0.39 is 17.5 Å². The Morgan fingerprint density at radius 2 is 1.68 bits per heavy atom. The van der Waals surface area contributed by atoms with Crippen molar-refractivity contribution in [3.05, 3.63) is 58.9 Å². The Morgan fingerprint density at radius 3 is 2.23 bits per heavy atom. The maximum absolute atomic E-state index is 13.3. The zero-order valence-corrected chi connectivity index (χ0v) is 13.7. The van der Waals surface area contributed by atoms with Gasteiger partial charge in [0.15, 0.2) is 23.7 Å². The standard InChI is InChI=1S/C16H14F3IO2/c17-13-5-11(6-14(18)15(13)19)9-1-3-10(4-2-9)16-21-7-12(20)8-22-16/h1,3-6,9,12,16H,2,7-8H2. The summed E-state index contributed by atoms with van der Waals surface area (Å²) >= 11 is 2.27. The van der Waals surface area contributed by atoms with Gasteiger partial charge in [-0.25, -0.2) is 13.2 Å². The minimum absolute atomic E-state index is 0.186. The van der Waals surface area contributed by atoms with Crippen LogP contribution in [0.1, 0.15) is 17.9 Å². The van der Waals surface area contributed by atoms with Gasteiger partial charge in [-0.15, -0.1) is 0 Å². The van der Waals surface area contributed by atoms with Crippen LogP contribution in [0.4, 0.5) is 13.2 Å². The first kappa shape index (κ1) is 16.0. The van der Waals surface area contributed by atoms with Crippen LogP contribution in [0, 0.1) is 17.5 Å². The molecule has 1 aliphatic carbocycles. The summed E-state index contributed by atoms with van der Waals surface area (Å²) in [4.78, 5) is 0. The molecule has 118 valence electrons. The summed E-state index contributed by atoms with van der Waals surface area (Å²) in [5, 5.41) is 0. The van der Waals surface area contributed by atoms with Gasteiger partial charge in [-0.2, -0.15) is 0 Å². The van der Waals surface area contributed by atoms with Crippen molar-refractivity contribution in [2.45, 2.75) is 22.6 Å². The first-order valence-corrected chi connectivity index (χ1v) is 8.19. The van der Waals surface area contributed by atoms with Crippen LogP contribution in [-0.4, -0.2) is 23.4 Å². The van der Waals surface area contributed by atoms with Crippen molar-refractivity contribution in [3.8, 4) is 0 Å². The van der Waals surface area contributed by atoms with Gasteiger partial charge in [-0.05, 0) is 24.1 Å². The second kappa shape index (κ2) is 6.72. The highest BCUT2D eigenvalue weighted by molar-refractivity contribution is 14.1. The van der Waals surface area contributed by atoms with Crippen molar-refractivity contribution in [3.63, 3.8) is 0 Å². The van der Waals surface area contributed by atoms with Gasteiger partial charge in [-0.3, -0.25) is 0 Å². The highest BCUT2D eigenvalue weighted by atomic mass is 127. The van der Waals surface area contributed by atoms with Crippen LogP contribution in [0.15, 0.2) is 35.9 Å². The van der Waals surface area contributed by atoms with Crippen LogP contribution < -0.4 is 0 Å². The molecule has 0 bridgehead atoms. The maximum Gasteiger partial charge on any atom is 0.194 e. The number of rotatable bonds is 2. The predicted octanol–water partition coefficient (Wildman–Crippen LogP) is 4.25. The summed E-state index contributed by atoms with van der Waals surface area (Å²) < 4.78 is 51.2. The molecule has 1 fully saturated rings. The summed E-state index contributed by atoms with van der Waals surface area (Å²) in [5.74, 6) is -3.94. The average Bonchev–Trinajstić information content (AvgIpc) is 2.53. The van der Waals surface area contributed by atoms with E-state index in [0.717, 1.165) is 17.7 Å². The molecule has 2 aliphatic rings. The summed E-state index contributed by atoms with van der Waals surface area (Å²) in [6, 6.07) is 2.08. The van der Waals surface area contributed by atoms with E-state index in [-0.39, 0.29) is 12.2 Å². The van der Waals surface area contributed by atoms with Gasteiger partial charge < -0.3 is 9.47 Å². The third-order valence-electron chi connectivity index (χ3n) is 3.69. The molecule has 0 N–H and O–H groups in total. The van der Waals surface area contributed by atoms with Crippen molar-refractivity contribution in [2.24, 2.45) is 0 Å². The monoisotopic (exact) mass is 422 g/mol. The maximum atomic E-state index is 13.3. The van der Waals surface area contributed by atoms with Crippen LogP contribution in [-0.2, 0) is 9.47 Å². The minimum Gasteiger partial charge on any atom is -0.347 e. The number of hydrogen-bond donors (Lipinski definition) is 0. The van der Waals surface area contributed by atoms with Crippen molar-refractivity contribution in [1.29, 1.82) is 0 Å². The van der Waals surface area contributed by atoms with Crippen LogP contribution in [0.3, 0.4) is 0 Å². The lowest BCUT2D eigenvalue weighted by atomic mass is 9.90. The summed E-state index contributed by atoms with van der Waals surface area (Å²) in [7, 11) is 0. The van der Waals surface area contributed by atoms with E-state index in [1.807, 2.05) is 18.2 Å². The third kappa shape index (κ3) is 3.38. The summed E-state index contributed by atoms with van der Waals surface area (Å²) in [6.07, 6.45) is 5.79. The lowest BCUT2D eigenvalue weighted by Crippen LogP contribution is -2.33. The lowest BCUT2D eigenvalue weighted by Gasteiger charge is -2.29. The Bertz CT molecular complexity index is 599. The number of hydrogen-bond acceptors (Lipinski definition) is 2. The number of allylic oxidation sites excluding steroid dienone is 2. The molecule has 1 aliphatic heterocycles. The van der Waals surface area contributed by atoms with Crippen molar-refractivity contribution < 1.29 is 22.6 Å². The van der Waals surface area contributed by atoms with Crippen LogP contribution in [0.5, 0.6) is 0 Å². The molecule has 6 heteroatoms. The highest BCUT2D eigenvalue weighted by Crippen LogP contribution is 2.31. The molecule has 1 unspecified atom stereocenters. The third-order valence-corrected chi connectivity index (χ3v) is 4.41. The average molecular weight is 422 g/mol. The fourth-order valence-corrected chi connectivity index (χ4v) is 2.94. The molecule has 0 amide bonds. The Labute approximate surface area is 140 Å². The molecule has 0 saturated carbocycles. The van der Waals surface area contributed by atoms with Crippen molar-refractivity contribution in [1.82, 2.24) is 0 Å². The molecule has 1 aromatic rings. The Balaban J connectivity index is 1.70. The van der Waals surface area contributed by atoms with Crippen molar-refractivity contribution >= 4 is 22.6 Å². The fraction of sp³-hybridized carbons (Fsp3) is 0.375. The number of benzene rings is 1. The number of halogens is 4. The molecule has 0 radical (unpaired) electrons. The second-order valence-corrected chi connectivity index (χ2v) is 7.06. The molecule has 0 spiro atoms. The molecule has 22 heavy (non-hydrogen) atoms. The fourth-order valence-electron chi connectivity index (χ4n) is 2.52. The molecular weight excluding hydrogens is 408 g/mol. The summed E-state index contributed by atoms with van der Waals surface area (Å²) in [5.41, 5.74) is 1.32. The molecule has 1 aromatic carbocycles. The zero-order valence-electron chi connectivity index (χ0n) is 11.6. The van der Waals surface area contributed by atoms with E-state index in [4.69, 9.17) is 9.47 Å². The minimum atomic E-state index is -1.43. The van der Waals surface area contributed by atoms with Gasteiger partial charge >= 0.3 is 0 Å². The molecule has 1 heterocycles. The SMILES string of the molecule is Fc1cc(C2C=CC(C3OCC(I)CO3)=CC2)cc(F)c1F. The zero-order chi connectivity index (χ0) is 15.7. The Kier molecular flexibility index (Phi) is 4.89. The van der Waals surface area contributed by atoms with Crippen molar-refractivity contribution in [2.75, 3.05) is 13.2 Å². The normalized spacial score (nSPS) is 28.5. The quantitative estimate of drug-likeness (QED) is 0.403. The molecule has 1 atom stereocenters. The van der Waals surface area contributed by atoms with Gasteiger partial charge in [0, 0.05) is 11.5 Å². The van der Waals surface area contributed by atoms with E-state index in [1.165, 1.54) is 0 Å². The van der Waals surface area contributed by atoms with E-state index in [2.05, 4.69) is 22.6 Å². The Morgan fingerprint density at radius 1 is 1.05 bits per heavy atom. The molecule has 3 rings (SSSR count). The second-order valence-electron chi connectivity index (χ2n) is 5.30. The highest BCUT2D eigenvalue weighted by Gasteiger charge is 2.24. The number of alkyl halides is 1.